The van der Waals surface area contributed by atoms with Gasteiger partial charge in [0.1, 0.15) is 0 Å². The zero-order valence-electron chi connectivity index (χ0n) is 20.8. The minimum Gasteiger partial charge on any atom is -0.236 e. The molecule has 0 amide bonds. The Morgan fingerprint density at radius 2 is 1.13 bits per heavy atom. The summed E-state index contributed by atoms with van der Waals surface area (Å²) in [5.41, 5.74) is 2.06. The Bertz CT molecular complexity index is 2450. The number of hydrogen-bond acceptors (Lipinski definition) is 3. The third-order valence-corrected chi connectivity index (χ3v) is 9.27. The van der Waals surface area contributed by atoms with Gasteiger partial charge in [-0.15, -0.1) is 11.3 Å². The number of hydrogen-bond donors (Lipinski definition) is 0. The summed E-state index contributed by atoms with van der Waals surface area (Å²) in [6.07, 6.45) is 2.00. The van der Waals surface area contributed by atoms with E-state index in [0.717, 1.165) is 22.3 Å². The fraction of sp³-hybridized carbons (Fsp3) is 0. The summed E-state index contributed by atoms with van der Waals surface area (Å²) >= 11 is 1.87. The van der Waals surface area contributed by atoms with Gasteiger partial charge < -0.3 is 0 Å². The molecule has 9 rings (SSSR count). The molecule has 0 N–H and O–H groups in total. The average Bonchev–Trinajstić information content (AvgIpc) is 3.40. The molecule has 2 heterocycles. The highest BCUT2D eigenvalue weighted by atomic mass is 32.1. The Balaban J connectivity index is 1.49. The first-order chi connectivity index (χ1) is 19.3. The average molecular weight is 513 g/mol. The van der Waals surface area contributed by atoms with Gasteiger partial charge in [-0.2, -0.15) is 0 Å². The molecule has 7 aromatic carbocycles. The molecular formula is C36H20N2S. The molecule has 0 bridgehead atoms. The Morgan fingerprint density at radius 3 is 1.95 bits per heavy atom. The van der Waals surface area contributed by atoms with Gasteiger partial charge in [-0.3, -0.25) is 0 Å². The van der Waals surface area contributed by atoms with E-state index in [9.17, 15) is 0 Å². The summed E-state index contributed by atoms with van der Waals surface area (Å²) < 4.78 is 2.58. The number of rotatable bonds is 1. The van der Waals surface area contributed by atoms with Gasteiger partial charge in [0.2, 0.25) is 0 Å². The van der Waals surface area contributed by atoms with E-state index in [-0.39, 0.29) is 0 Å². The second kappa shape index (κ2) is 7.83. The molecule has 0 atom stereocenters. The number of aromatic nitrogens is 2. The molecule has 2 aromatic heterocycles. The van der Waals surface area contributed by atoms with Gasteiger partial charge in [0.15, 0.2) is 5.82 Å². The summed E-state index contributed by atoms with van der Waals surface area (Å²) in [5, 5.41) is 13.7. The van der Waals surface area contributed by atoms with Crippen molar-refractivity contribution < 1.29 is 0 Å². The van der Waals surface area contributed by atoms with Gasteiger partial charge in [0.25, 0.3) is 0 Å². The summed E-state index contributed by atoms with van der Waals surface area (Å²) in [5.74, 6) is 0.769. The van der Waals surface area contributed by atoms with Crippen molar-refractivity contribution in [1.82, 2.24) is 9.97 Å². The van der Waals surface area contributed by atoms with Crippen LogP contribution < -0.4 is 0 Å². The highest BCUT2D eigenvalue weighted by Gasteiger charge is 2.20. The SMILES string of the molecule is c1ccc2c(c1)ccc1nc(-c3cc4c5ccccc5c5ccccc5c4c4sc5ccccc5c34)ncc12. The zero-order valence-corrected chi connectivity index (χ0v) is 21.7. The molecule has 3 heteroatoms. The molecule has 0 saturated heterocycles. The van der Waals surface area contributed by atoms with Crippen LogP contribution in [0.2, 0.25) is 0 Å². The van der Waals surface area contributed by atoms with E-state index >= 15 is 0 Å². The molecule has 39 heavy (non-hydrogen) atoms. The predicted octanol–water partition coefficient (Wildman–Crippen LogP) is 10.3. The molecule has 0 aliphatic rings. The van der Waals surface area contributed by atoms with Crippen LogP contribution in [0.3, 0.4) is 0 Å². The topological polar surface area (TPSA) is 25.8 Å². The maximum atomic E-state index is 5.17. The Labute approximate surface area is 227 Å². The zero-order chi connectivity index (χ0) is 25.5. The van der Waals surface area contributed by atoms with Crippen molar-refractivity contribution in [2.75, 3.05) is 0 Å². The van der Waals surface area contributed by atoms with Crippen molar-refractivity contribution >= 4 is 85.5 Å². The third kappa shape index (κ3) is 2.91. The molecule has 2 nitrogen and oxygen atoms in total. The van der Waals surface area contributed by atoms with Crippen LogP contribution in [0.1, 0.15) is 0 Å². The van der Waals surface area contributed by atoms with Gasteiger partial charge in [0.05, 0.1) is 5.52 Å². The van der Waals surface area contributed by atoms with Crippen LogP contribution in [0, 0.1) is 0 Å². The van der Waals surface area contributed by atoms with E-state index in [2.05, 4.69) is 115 Å². The van der Waals surface area contributed by atoms with Gasteiger partial charge in [0, 0.05) is 42.7 Å². The molecule has 0 saturated carbocycles. The van der Waals surface area contributed by atoms with Crippen molar-refractivity contribution in [3.05, 3.63) is 121 Å². The van der Waals surface area contributed by atoms with E-state index in [1.165, 1.54) is 63.3 Å². The summed E-state index contributed by atoms with van der Waals surface area (Å²) in [6, 6.07) is 41.4. The van der Waals surface area contributed by atoms with E-state index in [1.807, 2.05) is 17.5 Å². The predicted molar refractivity (Wildman–Crippen MR) is 168 cm³/mol. The number of fused-ring (bicyclic) bond motifs is 13. The second-order valence-corrected chi connectivity index (χ2v) is 11.2. The van der Waals surface area contributed by atoms with E-state index < -0.39 is 0 Å². The van der Waals surface area contributed by atoms with Crippen LogP contribution in [-0.2, 0) is 0 Å². The van der Waals surface area contributed by atoms with Crippen molar-refractivity contribution in [2.45, 2.75) is 0 Å². The van der Waals surface area contributed by atoms with E-state index in [0.29, 0.717) is 0 Å². The van der Waals surface area contributed by atoms with Crippen molar-refractivity contribution in [3.8, 4) is 11.4 Å². The normalized spacial score (nSPS) is 12.1. The number of benzene rings is 7. The summed E-state index contributed by atoms with van der Waals surface area (Å²) in [4.78, 5) is 10.2. The van der Waals surface area contributed by atoms with Crippen LogP contribution in [-0.4, -0.2) is 9.97 Å². The van der Waals surface area contributed by atoms with Crippen LogP contribution in [0.5, 0.6) is 0 Å². The second-order valence-electron chi connectivity index (χ2n) is 10.2. The molecule has 0 radical (unpaired) electrons. The van der Waals surface area contributed by atoms with Gasteiger partial charge in [-0.1, -0.05) is 97.1 Å². The van der Waals surface area contributed by atoms with Crippen molar-refractivity contribution in [2.24, 2.45) is 0 Å². The summed E-state index contributed by atoms with van der Waals surface area (Å²) in [7, 11) is 0. The van der Waals surface area contributed by atoms with Crippen LogP contribution in [0.25, 0.3) is 85.6 Å². The molecule has 0 spiro atoms. The fourth-order valence-electron chi connectivity index (χ4n) is 6.36. The van der Waals surface area contributed by atoms with Gasteiger partial charge >= 0.3 is 0 Å². The Morgan fingerprint density at radius 1 is 0.487 bits per heavy atom. The lowest BCUT2D eigenvalue weighted by Gasteiger charge is -2.14. The van der Waals surface area contributed by atoms with Crippen LogP contribution in [0.15, 0.2) is 121 Å². The number of thiophene rings is 1. The Hall–Kier alpha value is -4.86. The minimum atomic E-state index is 0.769. The van der Waals surface area contributed by atoms with Crippen molar-refractivity contribution in [1.29, 1.82) is 0 Å². The molecule has 0 aliphatic heterocycles. The smallest absolute Gasteiger partial charge is 0.160 e. The molecule has 0 aliphatic carbocycles. The highest BCUT2D eigenvalue weighted by molar-refractivity contribution is 7.27. The molecule has 0 unspecified atom stereocenters. The Kier molecular flexibility index (Phi) is 4.24. The molecule has 180 valence electrons. The highest BCUT2D eigenvalue weighted by Crippen LogP contribution is 2.47. The fourth-order valence-corrected chi connectivity index (χ4v) is 7.65. The standard InChI is InChI=1S/C36H20N2S/c1-2-10-22-21(9-1)17-18-31-30(22)20-37-36(38-31)29-19-28-25-13-4-3-11-23(25)24-12-5-6-14-26(24)33(28)35-34(29)27-15-7-8-16-32(27)39-35/h1-20H. The first kappa shape index (κ1) is 21.1. The van der Waals surface area contributed by atoms with E-state index in [4.69, 9.17) is 9.97 Å². The summed E-state index contributed by atoms with van der Waals surface area (Å²) in [6.45, 7) is 0. The lowest BCUT2D eigenvalue weighted by molar-refractivity contribution is 1.24. The lowest BCUT2D eigenvalue weighted by atomic mass is 9.91. The van der Waals surface area contributed by atoms with Crippen molar-refractivity contribution in [3.63, 3.8) is 0 Å². The monoisotopic (exact) mass is 512 g/mol. The quantitative estimate of drug-likeness (QED) is 0.204. The molecular weight excluding hydrogens is 492 g/mol. The first-order valence-electron chi connectivity index (χ1n) is 13.2. The number of nitrogens with zero attached hydrogens (tertiary/aromatic N) is 2. The van der Waals surface area contributed by atoms with Crippen LogP contribution in [0.4, 0.5) is 0 Å². The molecule has 9 aromatic rings. The van der Waals surface area contributed by atoms with E-state index in [1.54, 1.807) is 0 Å². The lowest BCUT2D eigenvalue weighted by Crippen LogP contribution is -1.93. The van der Waals surface area contributed by atoms with Gasteiger partial charge in [-0.05, 0) is 55.9 Å². The third-order valence-electron chi connectivity index (χ3n) is 8.08. The van der Waals surface area contributed by atoms with Gasteiger partial charge in [-0.25, -0.2) is 9.97 Å². The maximum absolute atomic E-state index is 5.17. The maximum Gasteiger partial charge on any atom is 0.160 e. The minimum absolute atomic E-state index is 0.769. The molecule has 0 fully saturated rings. The largest absolute Gasteiger partial charge is 0.236 e. The first-order valence-corrected chi connectivity index (χ1v) is 14.0. The van der Waals surface area contributed by atoms with Crippen LogP contribution >= 0.6 is 11.3 Å².